The Kier molecular flexibility index (Phi) is 5.00. The molecule has 0 unspecified atom stereocenters. The summed E-state index contributed by atoms with van der Waals surface area (Å²) in [6, 6.07) is 7.68. The predicted octanol–water partition coefficient (Wildman–Crippen LogP) is 2.33. The van der Waals surface area contributed by atoms with Gasteiger partial charge in [-0.05, 0) is 44.7 Å². The van der Waals surface area contributed by atoms with Gasteiger partial charge in [0.2, 0.25) is 5.91 Å². The van der Waals surface area contributed by atoms with Crippen molar-refractivity contribution in [2.45, 2.75) is 61.7 Å². The molecule has 2 fully saturated rings. The molecule has 1 aromatic carbocycles. The molecule has 1 aliphatic carbocycles. The van der Waals surface area contributed by atoms with E-state index in [0.717, 1.165) is 32.3 Å². The molecule has 0 radical (unpaired) electrons. The number of hydrogen-bond donors (Lipinski definition) is 1. The predicted molar refractivity (Wildman–Crippen MR) is 101 cm³/mol. The van der Waals surface area contributed by atoms with Gasteiger partial charge in [0.15, 0.2) is 5.16 Å². The Balaban J connectivity index is 1.65. The summed E-state index contributed by atoms with van der Waals surface area (Å²) in [5.74, 6) is 0.00331. The van der Waals surface area contributed by atoms with Crippen LogP contribution in [0.3, 0.4) is 0 Å². The van der Waals surface area contributed by atoms with E-state index >= 15 is 0 Å². The lowest BCUT2D eigenvalue weighted by atomic mass is 10.2. The van der Waals surface area contributed by atoms with Crippen molar-refractivity contribution in [2.75, 3.05) is 6.61 Å². The van der Waals surface area contributed by atoms with E-state index in [1.54, 1.807) is 10.6 Å². The van der Waals surface area contributed by atoms with E-state index in [4.69, 9.17) is 4.74 Å². The minimum absolute atomic E-state index is 0.00331. The Morgan fingerprint density at radius 1 is 1.38 bits per heavy atom. The highest BCUT2D eigenvalue weighted by atomic mass is 32.2. The number of aromatic nitrogens is 2. The number of para-hydroxylation sites is 1. The molecule has 1 aliphatic heterocycles. The van der Waals surface area contributed by atoms with Gasteiger partial charge in [0.25, 0.3) is 5.56 Å². The average molecular weight is 373 g/mol. The summed E-state index contributed by atoms with van der Waals surface area (Å²) in [7, 11) is 0. The molecule has 1 saturated heterocycles. The summed E-state index contributed by atoms with van der Waals surface area (Å²) < 4.78 is 7.40. The molecule has 2 atom stereocenters. The van der Waals surface area contributed by atoms with Gasteiger partial charge < -0.3 is 10.1 Å². The van der Waals surface area contributed by atoms with Gasteiger partial charge in [-0.25, -0.2) is 4.98 Å². The third-order valence-corrected chi connectivity index (χ3v) is 5.90. The normalized spacial score (nSPS) is 21.0. The Morgan fingerprint density at radius 3 is 2.92 bits per heavy atom. The second-order valence-electron chi connectivity index (χ2n) is 7.01. The van der Waals surface area contributed by atoms with Crippen LogP contribution < -0.4 is 10.9 Å². The van der Waals surface area contributed by atoms with Gasteiger partial charge in [-0.1, -0.05) is 23.9 Å². The maximum Gasteiger partial charge on any atom is 0.262 e. The van der Waals surface area contributed by atoms with Crippen LogP contribution in [0.4, 0.5) is 0 Å². The number of hydrogen-bond acceptors (Lipinski definition) is 5. The number of benzene rings is 1. The molecular weight excluding hydrogens is 350 g/mol. The van der Waals surface area contributed by atoms with Crippen molar-refractivity contribution in [1.29, 1.82) is 0 Å². The molecule has 0 spiro atoms. The average Bonchev–Trinajstić information content (AvgIpc) is 3.30. The van der Waals surface area contributed by atoms with Crippen LogP contribution in [-0.2, 0) is 16.1 Å². The number of carbonyl (C=O) groups is 1. The first-order valence-electron chi connectivity index (χ1n) is 9.20. The van der Waals surface area contributed by atoms with Crippen molar-refractivity contribution < 1.29 is 9.53 Å². The van der Waals surface area contributed by atoms with Gasteiger partial charge in [0.05, 0.1) is 28.8 Å². The van der Waals surface area contributed by atoms with Crippen LogP contribution in [-0.4, -0.2) is 39.5 Å². The lowest BCUT2D eigenvalue weighted by molar-refractivity contribution is -0.120. The standard InChI is InChI=1S/C19H23N3O3S/c1-12(17(23)20-13-8-9-13)26-19-21-16-7-3-2-6-15(16)18(24)22(19)11-14-5-4-10-25-14/h2-3,6-7,12-14H,4-5,8-11H2,1H3,(H,20,23)/t12-,14+/m0/s1. The van der Waals surface area contributed by atoms with Gasteiger partial charge >= 0.3 is 0 Å². The Labute approximate surface area is 156 Å². The maximum atomic E-state index is 13.0. The molecular formula is C19H23N3O3S. The van der Waals surface area contributed by atoms with Crippen molar-refractivity contribution in [3.05, 3.63) is 34.6 Å². The molecule has 4 rings (SSSR count). The summed E-state index contributed by atoms with van der Waals surface area (Å²) in [6.07, 6.45) is 4.11. The fourth-order valence-electron chi connectivity index (χ4n) is 3.15. The Hall–Kier alpha value is -1.86. The fourth-order valence-corrected chi connectivity index (χ4v) is 4.08. The van der Waals surface area contributed by atoms with Crippen LogP contribution in [0.5, 0.6) is 0 Å². The number of carbonyl (C=O) groups excluding carboxylic acids is 1. The second kappa shape index (κ2) is 7.40. The molecule has 0 bridgehead atoms. The highest BCUT2D eigenvalue weighted by molar-refractivity contribution is 8.00. The van der Waals surface area contributed by atoms with Crippen LogP contribution in [0.1, 0.15) is 32.6 Å². The van der Waals surface area contributed by atoms with Crippen LogP contribution in [0.15, 0.2) is 34.2 Å². The van der Waals surface area contributed by atoms with Gasteiger partial charge in [-0.2, -0.15) is 0 Å². The largest absolute Gasteiger partial charge is 0.376 e. The van der Waals surface area contributed by atoms with Crippen molar-refractivity contribution >= 4 is 28.6 Å². The van der Waals surface area contributed by atoms with Crippen LogP contribution in [0, 0.1) is 0 Å². The van der Waals surface area contributed by atoms with E-state index in [1.165, 1.54) is 11.8 Å². The van der Waals surface area contributed by atoms with Gasteiger partial charge in [0.1, 0.15) is 0 Å². The number of nitrogens with zero attached hydrogens (tertiary/aromatic N) is 2. The van der Waals surface area contributed by atoms with E-state index in [0.29, 0.717) is 28.6 Å². The van der Waals surface area contributed by atoms with Gasteiger partial charge in [0, 0.05) is 12.6 Å². The van der Waals surface area contributed by atoms with E-state index in [2.05, 4.69) is 10.3 Å². The third kappa shape index (κ3) is 3.78. The van der Waals surface area contributed by atoms with Crippen molar-refractivity contribution in [1.82, 2.24) is 14.9 Å². The number of fused-ring (bicyclic) bond motifs is 1. The zero-order valence-electron chi connectivity index (χ0n) is 14.8. The van der Waals surface area contributed by atoms with Gasteiger partial charge in [-0.3, -0.25) is 14.2 Å². The molecule has 7 heteroatoms. The Bertz CT molecular complexity index is 872. The summed E-state index contributed by atoms with van der Waals surface area (Å²) in [5.41, 5.74) is 0.599. The molecule has 1 aromatic heterocycles. The SMILES string of the molecule is C[C@H](Sc1nc2ccccc2c(=O)n1C[C@H]1CCCO1)C(=O)NC1CC1. The zero-order chi connectivity index (χ0) is 18.1. The maximum absolute atomic E-state index is 13.0. The topological polar surface area (TPSA) is 73.2 Å². The number of rotatable bonds is 6. The molecule has 1 amide bonds. The monoisotopic (exact) mass is 373 g/mol. The molecule has 138 valence electrons. The summed E-state index contributed by atoms with van der Waals surface area (Å²) >= 11 is 1.34. The first-order chi connectivity index (χ1) is 12.6. The van der Waals surface area contributed by atoms with Crippen LogP contribution >= 0.6 is 11.8 Å². The quantitative estimate of drug-likeness (QED) is 0.621. The van der Waals surface area contributed by atoms with Gasteiger partial charge in [-0.15, -0.1) is 0 Å². The summed E-state index contributed by atoms with van der Waals surface area (Å²) in [5, 5.41) is 3.90. The molecule has 6 nitrogen and oxygen atoms in total. The number of ether oxygens (including phenoxy) is 1. The van der Waals surface area contributed by atoms with E-state index in [-0.39, 0.29) is 22.8 Å². The molecule has 2 aliphatic rings. The molecule has 1 N–H and O–H groups in total. The highest BCUT2D eigenvalue weighted by Gasteiger charge is 2.27. The van der Waals surface area contributed by atoms with Crippen molar-refractivity contribution in [3.8, 4) is 0 Å². The van der Waals surface area contributed by atoms with E-state index in [1.807, 2.05) is 25.1 Å². The summed E-state index contributed by atoms with van der Waals surface area (Å²) in [6.45, 7) is 3.08. The smallest absolute Gasteiger partial charge is 0.262 e. The minimum atomic E-state index is -0.306. The number of nitrogens with one attached hydrogen (secondary N) is 1. The minimum Gasteiger partial charge on any atom is -0.376 e. The van der Waals surface area contributed by atoms with E-state index < -0.39 is 0 Å². The lowest BCUT2D eigenvalue weighted by Crippen LogP contribution is -2.34. The number of amides is 1. The van der Waals surface area contributed by atoms with Crippen LogP contribution in [0.2, 0.25) is 0 Å². The highest BCUT2D eigenvalue weighted by Crippen LogP contribution is 2.26. The zero-order valence-corrected chi connectivity index (χ0v) is 15.6. The fraction of sp³-hybridized carbons (Fsp3) is 0.526. The van der Waals surface area contributed by atoms with Crippen LogP contribution in [0.25, 0.3) is 10.9 Å². The molecule has 26 heavy (non-hydrogen) atoms. The first-order valence-corrected chi connectivity index (χ1v) is 10.1. The van der Waals surface area contributed by atoms with E-state index in [9.17, 15) is 9.59 Å². The number of thioether (sulfide) groups is 1. The summed E-state index contributed by atoms with van der Waals surface area (Å²) in [4.78, 5) is 30.0. The molecule has 1 saturated carbocycles. The molecule has 2 heterocycles. The Morgan fingerprint density at radius 2 is 2.19 bits per heavy atom. The van der Waals surface area contributed by atoms with Crippen molar-refractivity contribution in [2.24, 2.45) is 0 Å². The lowest BCUT2D eigenvalue weighted by Gasteiger charge is -2.18. The first kappa shape index (κ1) is 17.5. The molecule has 2 aromatic rings. The third-order valence-electron chi connectivity index (χ3n) is 4.81. The van der Waals surface area contributed by atoms with Crippen molar-refractivity contribution in [3.63, 3.8) is 0 Å². The second-order valence-corrected chi connectivity index (χ2v) is 8.31.